The smallest absolute Gasteiger partial charge is 0.303 e. The third-order valence-electron chi connectivity index (χ3n) is 5.68. The summed E-state index contributed by atoms with van der Waals surface area (Å²) in [5.74, 6) is -1.61. The van der Waals surface area contributed by atoms with Crippen molar-refractivity contribution in [2.75, 3.05) is 24.4 Å². The summed E-state index contributed by atoms with van der Waals surface area (Å²) in [5, 5.41) is 5.70. The highest BCUT2D eigenvalue weighted by Crippen LogP contribution is 2.37. The predicted octanol–water partition coefficient (Wildman–Crippen LogP) is 1.86. The van der Waals surface area contributed by atoms with Gasteiger partial charge in [-0.15, -0.1) is 0 Å². The van der Waals surface area contributed by atoms with Crippen LogP contribution in [0.1, 0.15) is 33.9 Å². The van der Waals surface area contributed by atoms with Gasteiger partial charge in [-0.1, -0.05) is 12.1 Å². The summed E-state index contributed by atoms with van der Waals surface area (Å²) in [6.07, 6.45) is -3.00. The van der Waals surface area contributed by atoms with Gasteiger partial charge in [-0.05, 0) is 12.1 Å². The number of hydrogen-bond acceptors (Lipinski definition) is 13. The summed E-state index contributed by atoms with van der Waals surface area (Å²) in [6, 6.07) is 7.12. The summed E-state index contributed by atoms with van der Waals surface area (Å²) >= 11 is 0. The van der Waals surface area contributed by atoms with Crippen LogP contribution in [-0.2, 0) is 38.1 Å². The quantitative estimate of drug-likeness (QED) is 0.288. The van der Waals surface area contributed by atoms with Gasteiger partial charge in [0, 0.05) is 27.7 Å². The fraction of sp³-hybridized carbons (Fsp3) is 0.400. The van der Waals surface area contributed by atoms with E-state index >= 15 is 0 Å². The minimum absolute atomic E-state index is 0.0471. The summed E-state index contributed by atoms with van der Waals surface area (Å²) < 4.78 is 29.0. The molecule has 0 spiro atoms. The number of nitrogens with zero attached hydrogens (tertiary/aromatic N) is 4. The highest BCUT2D eigenvalue weighted by atomic mass is 16.7. The lowest BCUT2D eigenvalue weighted by atomic mass is 10.1. The maximum atomic E-state index is 12.1. The number of ether oxygens (including phenoxy) is 5. The summed E-state index contributed by atoms with van der Waals surface area (Å²) in [7, 11) is 1.52. The SMILES string of the molecule is COc1ccccc1Nc1nc(NC(C)=O)nc2c1ncn2[C@@H]1O[C@H](COC(C)=O)[C@@H](OC(C)=O)[C@H]1OC(C)=O. The van der Waals surface area contributed by atoms with Crippen molar-refractivity contribution in [2.45, 2.75) is 52.2 Å². The first-order valence-electron chi connectivity index (χ1n) is 12.1. The molecule has 4 rings (SSSR count). The Balaban J connectivity index is 1.82. The van der Waals surface area contributed by atoms with Gasteiger partial charge in [-0.2, -0.15) is 9.97 Å². The average molecular weight is 557 g/mol. The third-order valence-corrected chi connectivity index (χ3v) is 5.68. The molecule has 40 heavy (non-hydrogen) atoms. The van der Waals surface area contributed by atoms with Crippen molar-refractivity contribution in [2.24, 2.45) is 0 Å². The molecular formula is C25H28N6O9. The second-order valence-electron chi connectivity index (χ2n) is 8.74. The first-order valence-corrected chi connectivity index (χ1v) is 12.1. The van der Waals surface area contributed by atoms with Crippen molar-refractivity contribution < 1.29 is 42.9 Å². The molecule has 3 heterocycles. The molecule has 1 aromatic carbocycles. The van der Waals surface area contributed by atoms with Crippen molar-refractivity contribution in [3.05, 3.63) is 30.6 Å². The van der Waals surface area contributed by atoms with E-state index in [4.69, 9.17) is 23.7 Å². The maximum absolute atomic E-state index is 12.1. The molecule has 0 radical (unpaired) electrons. The molecule has 1 aliphatic heterocycles. The van der Waals surface area contributed by atoms with E-state index in [-0.39, 0.29) is 29.5 Å². The molecule has 1 amide bonds. The number of nitrogens with one attached hydrogen (secondary N) is 2. The zero-order valence-corrected chi connectivity index (χ0v) is 22.4. The van der Waals surface area contributed by atoms with Gasteiger partial charge in [0.1, 0.15) is 18.5 Å². The lowest BCUT2D eigenvalue weighted by Gasteiger charge is -2.23. The molecule has 1 saturated heterocycles. The molecule has 0 saturated carbocycles. The monoisotopic (exact) mass is 556 g/mol. The van der Waals surface area contributed by atoms with Crippen molar-refractivity contribution >= 4 is 52.4 Å². The molecule has 0 unspecified atom stereocenters. The van der Waals surface area contributed by atoms with Gasteiger partial charge in [-0.3, -0.25) is 29.1 Å². The molecule has 3 aromatic rings. The van der Waals surface area contributed by atoms with E-state index in [1.165, 1.54) is 45.7 Å². The second-order valence-corrected chi connectivity index (χ2v) is 8.74. The number of anilines is 3. The van der Waals surface area contributed by atoms with E-state index in [9.17, 15) is 19.2 Å². The number of esters is 3. The molecule has 1 aliphatic rings. The third kappa shape index (κ3) is 6.26. The van der Waals surface area contributed by atoms with Gasteiger partial charge in [-0.25, -0.2) is 4.98 Å². The molecule has 15 nitrogen and oxygen atoms in total. The highest BCUT2D eigenvalue weighted by molar-refractivity contribution is 5.91. The molecule has 0 bridgehead atoms. The van der Waals surface area contributed by atoms with Gasteiger partial charge < -0.3 is 29.0 Å². The Labute approximate surface area is 228 Å². The lowest BCUT2D eigenvalue weighted by Crippen LogP contribution is -2.40. The molecule has 0 aliphatic carbocycles. The number of benzene rings is 1. The zero-order chi connectivity index (χ0) is 29.0. The van der Waals surface area contributed by atoms with Gasteiger partial charge in [0.15, 0.2) is 35.4 Å². The number of methoxy groups -OCH3 is 1. The Morgan fingerprint density at radius 2 is 1.68 bits per heavy atom. The predicted molar refractivity (Wildman–Crippen MR) is 138 cm³/mol. The Bertz CT molecular complexity index is 1440. The van der Waals surface area contributed by atoms with Crippen LogP contribution in [0.2, 0.25) is 0 Å². The largest absolute Gasteiger partial charge is 0.495 e. The number of hydrogen-bond donors (Lipinski definition) is 2. The Kier molecular flexibility index (Phi) is 8.43. The van der Waals surface area contributed by atoms with Crippen molar-refractivity contribution in [3.8, 4) is 5.75 Å². The number of imidazole rings is 1. The fourth-order valence-electron chi connectivity index (χ4n) is 4.20. The number of amides is 1. The number of aromatic nitrogens is 4. The van der Waals surface area contributed by atoms with E-state index < -0.39 is 48.4 Å². The number of carbonyl (C=O) groups excluding carboxylic acids is 4. The van der Waals surface area contributed by atoms with E-state index in [2.05, 4.69) is 25.6 Å². The van der Waals surface area contributed by atoms with Crippen molar-refractivity contribution in [1.29, 1.82) is 0 Å². The van der Waals surface area contributed by atoms with Crippen LogP contribution in [-0.4, -0.2) is 75.4 Å². The lowest BCUT2D eigenvalue weighted by molar-refractivity contribution is -0.166. The molecule has 2 aromatic heterocycles. The summed E-state index contributed by atoms with van der Waals surface area (Å²) in [4.78, 5) is 60.6. The van der Waals surface area contributed by atoms with Crippen LogP contribution in [0.15, 0.2) is 30.6 Å². The van der Waals surface area contributed by atoms with Gasteiger partial charge >= 0.3 is 17.9 Å². The van der Waals surface area contributed by atoms with Crippen LogP contribution in [0.4, 0.5) is 17.5 Å². The molecular weight excluding hydrogens is 528 g/mol. The van der Waals surface area contributed by atoms with Crippen LogP contribution in [0.25, 0.3) is 11.2 Å². The van der Waals surface area contributed by atoms with Gasteiger partial charge in [0.2, 0.25) is 11.9 Å². The summed E-state index contributed by atoms with van der Waals surface area (Å²) in [6.45, 7) is 4.63. The molecule has 2 N–H and O–H groups in total. The standard InChI is InChI=1S/C25H28N6O9/c1-12(32)27-25-29-22(28-16-8-6-7-9-17(16)36-5)19-23(30-25)31(11-26-19)24-21(39-15(4)35)20(38-14(3)34)18(40-24)10-37-13(2)33/h6-9,11,18,20-21,24H,10H2,1-5H3,(H2,27,28,29,30,32)/t18-,20-,21-,24-/m1/s1. The second kappa shape index (κ2) is 11.9. The Hall–Kier alpha value is -4.79. The molecule has 1 fully saturated rings. The minimum atomic E-state index is -1.16. The number of fused-ring (bicyclic) bond motifs is 1. The van der Waals surface area contributed by atoms with Crippen LogP contribution >= 0.6 is 0 Å². The molecule has 15 heteroatoms. The molecule has 212 valence electrons. The van der Waals surface area contributed by atoms with E-state index in [1.807, 2.05) is 0 Å². The number of para-hydroxylation sites is 2. The number of rotatable bonds is 9. The van der Waals surface area contributed by atoms with E-state index in [1.54, 1.807) is 24.3 Å². The fourth-order valence-corrected chi connectivity index (χ4v) is 4.20. The minimum Gasteiger partial charge on any atom is -0.495 e. The van der Waals surface area contributed by atoms with Gasteiger partial charge in [0.05, 0.1) is 19.1 Å². The van der Waals surface area contributed by atoms with Crippen LogP contribution < -0.4 is 15.4 Å². The van der Waals surface area contributed by atoms with Crippen LogP contribution in [0.3, 0.4) is 0 Å². The van der Waals surface area contributed by atoms with E-state index in [0.29, 0.717) is 11.4 Å². The van der Waals surface area contributed by atoms with Crippen LogP contribution in [0.5, 0.6) is 5.75 Å². The Morgan fingerprint density at radius 1 is 0.975 bits per heavy atom. The maximum Gasteiger partial charge on any atom is 0.303 e. The average Bonchev–Trinajstić information content (AvgIpc) is 3.43. The van der Waals surface area contributed by atoms with E-state index in [0.717, 1.165) is 0 Å². The van der Waals surface area contributed by atoms with Crippen LogP contribution in [0, 0.1) is 0 Å². The first-order chi connectivity index (χ1) is 19.1. The highest BCUT2D eigenvalue weighted by Gasteiger charge is 2.51. The zero-order valence-electron chi connectivity index (χ0n) is 22.4. The number of carbonyl (C=O) groups is 4. The van der Waals surface area contributed by atoms with Crippen molar-refractivity contribution in [3.63, 3.8) is 0 Å². The summed E-state index contributed by atoms with van der Waals surface area (Å²) in [5.41, 5.74) is 1.03. The first kappa shape index (κ1) is 28.2. The van der Waals surface area contributed by atoms with Crippen molar-refractivity contribution in [1.82, 2.24) is 19.5 Å². The Morgan fingerprint density at radius 3 is 2.33 bits per heavy atom. The topological polar surface area (TPSA) is 182 Å². The molecule has 4 atom stereocenters. The van der Waals surface area contributed by atoms with Gasteiger partial charge in [0.25, 0.3) is 0 Å². The normalized spacial score (nSPS) is 20.0.